The van der Waals surface area contributed by atoms with E-state index in [0.717, 1.165) is 31.1 Å². The normalized spacial score (nSPS) is 28.4. The minimum Gasteiger partial charge on any atom is -0.303 e. The minimum atomic E-state index is -0.00451. The molecule has 0 saturated heterocycles. The third-order valence-corrected chi connectivity index (χ3v) is 3.99. The van der Waals surface area contributed by atoms with Crippen molar-refractivity contribution in [3.63, 3.8) is 0 Å². The van der Waals surface area contributed by atoms with E-state index >= 15 is 0 Å². The number of hydrogen-bond acceptors (Lipinski definition) is 1. The molecule has 2 atom stereocenters. The van der Waals surface area contributed by atoms with Crippen molar-refractivity contribution in [2.24, 2.45) is 11.3 Å². The fourth-order valence-corrected chi connectivity index (χ4v) is 2.89. The van der Waals surface area contributed by atoms with Gasteiger partial charge in [0.25, 0.3) is 0 Å². The van der Waals surface area contributed by atoms with Crippen LogP contribution in [0.4, 0.5) is 0 Å². The molecule has 1 aliphatic rings. The lowest BCUT2D eigenvalue weighted by Crippen LogP contribution is -2.30. The summed E-state index contributed by atoms with van der Waals surface area (Å²) in [4.78, 5) is 11.0. The Morgan fingerprint density at radius 1 is 1.53 bits per heavy atom. The average molecular weight is 232 g/mol. The van der Waals surface area contributed by atoms with E-state index < -0.39 is 0 Å². The van der Waals surface area contributed by atoms with Crippen LogP contribution in [-0.4, -0.2) is 6.29 Å². The van der Waals surface area contributed by atoms with E-state index in [-0.39, 0.29) is 5.41 Å². The van der Waals surface area contributed by atoms with Crippen LogP contribution in [0.5, 0.6) is 0 Å². The van der Waals surface area contributed by atoms with Gasteiger partial charge in [0.1, 0.15) is 6.29 Å². The second-order valence-corrected chi connectivity index (χ2v) is 5.66. The summed E-state index contributed by atoms with van der Waals surface area (Å²) in [5, 5.41) is 0. The Hall–Kier alpha value is -1.11. The highest BCUT2D eigenvalue weighted by atomic mass is 16.1. The van der Waals surface area contributed by atoms with E-state index in [4.69, 9.17) is 0 Å². The Morgan fingerprint density at radius 2 is 2.18 bits per heavy atom. The molecule has 0 aromatic rings. The molecule has 1 nitrogen and oxygen atoms in total. The third kappa shape index (κ3) is 3.18. The van der Waals surface area contributed by atoms with E-state index in [1.54, 1.807) is 0 Å². The first-order chi connectivity index (χ1) is 7.91. The molecule has 1 aliphatic carbocycles. The topological polar surface area (TPSA) is 17.1 Å². The number of carbonyl (C=O) groups excluding carboxylic acids is 1. The first-order valence-electron chi connectivity index (χ1n) is 6.32. The first kappa shape index (κ1) is 14.0. The lowest BCUT2D eigenvalue weighted by Gasteiger charge is -2.40. The molecule has 0 heterocycles. The molecule has 17 heavy (non-hydrogen) atoms. The van der Waals surface area contributed by atoms with Crippen LogP contribution in [-0.2, 0) is 4.79 Å². The zero-order chi connectivity index (χ0) is 13.1. The molecule has 1 heteroatoms. The van der Waals surface area contributed by atoms with Gasteiger partial charge in [0.05, 0.1) is 0 Å². The second kappa shape index (κ2) is 5.48. The number of carbonyl (C=O) groups is 1. The fourth-order valence-electron chi connectivity index (χ4n) is 2.89. The number of allylic oxidation sites excluding steroid dienone is 4. The summed E-state index contributed by atoms with van der Waals surface area (Å²) in [7, 11) is 0. The van der Waals surface area contributed by atoms with Crippen molar-refractivity contribution in [3.05, 3.63) is 36.0 Å². The Bertz CT molecular complexity index is 362. The van der Waals surface area contributed by atoms with Crippen molar-refractivity contribution in [2.75, 3.05) is 0 Å². The van der Waals surface area contributed by atoms with E-state index in [1.165, 1.54) is 11.1 Å². The van der Waals surface area contributed by atoms with Crippen molar-refractivity contribution in [2.45, 2.75) is 46.5 Å². The molecular weight excluding hydrogens is 208 g/mol. The van der Waals surface area contributed by atoms with Crippen molar-refractivity contribution in [3.8, 4) is 0 Å². The molecular formula is C16H24O. The standard InChI is InChI=1S/C16H24O/c1-12(2)10-16(8-9-17)11-15(13(3)4)7-6-14(16)5/h6,9,15H,1,3,7-8,10-11H2,2,4-5H3/t15-,16+/m1/s1. The van der Waals surface area contributed by atoms with Crippen LogP contribution in [0, 0.1) is 11.3 Å². The summed E-state index contributed by atoms with van der Waals surface area (Å²) >= 11 is 0. The predicted octanol–water partition coefficient (Wildman–Crippen LogP) is 4.46. The molecule has 94 valence electrons. The Labute approximate surface area is 105 Å². The maximum atomic E-state index is 11.0. The van der Waals surface area contributed by atoms with E-state index in [9.17, 15) is 4.79 Å². The number of rotatable bonds is 5. The number of hydrogen-bond donors (Lipinski definition) is 0. The summed E-state index contributed by atoms with van der Waals surface area (Å²) in [6.07, 6.45) is 6.97. The molecule has 0 aromatic carbocycles. The van der Waals surface area contributed by atoms with Gasteiger partial charge >= 0.3 is 0 Å². The highest BCUT2D eigenvalue weighted by molar-refractivity contribution is 5.53. The summed E-state index contributed by atoms with van der Waals surface area (Å²) < 4.78 is 0. The van der Waals surface area contributed by atoms with Gasteiger partial charge in [0, 0.05) is 11.8 Å². The van der Waals surface area contributed by atoms with Crippen LogP contribution in [0.1, 0.15) is 46.5 Å². The van der Waals surface area contributed by atoms with Crippen LogP contribution in [0.3, 0.4) is 0 Å². The Morgan fingerprint density at radius 3 is 2.65 bits per heavy atom. The van der Waals surface area contributed by atoms with Gasteiger partial charge in [-0.15, -0.1) is 6.58 Å². The Kier molecular flexibility index (Phi) is 4.50. The average Bonchev–Trinajstić information content (AvgIpc) is 2.21. The van der Waals surface area contributed by atoms with Crippen LogP contribution in [0.25, 0.3) is 0 Å². The van der Waals surface area contributed by atoms with Gasteiger partial charge in [0.2, 0.25) is 0 Å². The van der Waals surface area contributed by atoms with E-state index in [0.29, 0.717) is 12.3 Å². The van der Waals surface area contributed by atoms with Crippen LogP contribution >= 0.6 is 0 Å². The molecule has 0 spiro atoms. The molecule has 0 unspecified atom stereocenters. The molecule has 0 bridgehead atoms. The molecule has 0 radical (unpaired) electrons. The van der Waals surface area contributed by atoms with Crippen molar-refractivity contribution >= 4 is 6.29 Å². The molecule has 0 aliphatic heterocycles. The van der Waals surface area contributed by atoms with Crippen molar-refractivity contribution < 1.29 is 4.79 Å². The van der Waals surface area contributed by atoms with Gasteiger partial charge in [-0.25, -0.2) is 0 Å². The summed E-state index contributed by atoms with van der Waals surface area (Å²) in [6, 6.07) is 0. The van der Waals surface area contributed by atoms with Crippen molar-refractivity contribution in [1.82, 2.24) is 0 Å². The third-order valence-electron chi connectivity index (χ3n) is 3.99. The smallest absolute Gasteiger partial charge is 0.120 e. The van der Waals surface area contributed by atoms with Gasteiger partial charge in [0.15, 0.2) is 0 Å². The SMILES string of the molecule is C=C(C)C[C@@]1(CC=O)C[C@H](C(=C)C)CC=C1C. The minimum absolute atomic E-state index is 0.00451. The lowest BCUT2D eigenvalue weighted by atomic mass is 9.63. The summed E-state index contributed by atoms with van der Waals surface area (Å²) in [5.74, 6) is 0.512. The van der Waals surface area contributed by atoms with Gasteiger partial charge in [-0.05, 0) is 46.0 Å². The highest BCUT2D eigenvalue weighted by Gasteiger charge is 2.36. The number of aldehydes is 1. The highest BCUT2D eigenvalue weighted by Crippen LogP contribution is 2.47. The molecule has 0 N–H and O–H groups in total. The monoisotopic (exact) mass is 232 g/mol. The second-order valence-electron chi connectivity index (χ2n) is 5.66. The molecule has 1 rings (SSSR count). The van der Waals surface area contributed by atoms with Gasteiger partial charge in [-0.2, -0.15) is 0 Å². The maximum absolute atomic E-state index is 11.0. The van der Waals surface area contributed by atoms with Crippen LogP contribution in [0.2, 0.25) is 0 Å². The molecule has 0 amide bonds. The van der Waals surface area contributed by atoms with E-state index in [1.807, 2.05) is 6.92 Å². The van der Waals surface area contributed by atoms with Crippen LogP contribution in [0.15, 0.2) is 36.0 Å². The lowest BCUT2D eigenvalue weighted by molar-refractivity contribution is -0.109. The predicted molar refractivity (Wildman–Crippen MR) is 73.8 cm³/mol. The molecule has 0 fully saturated rings. The van der Waals surface area contributed by atoms with Gasteiger partial charge in [-0.3, -0.25) is 0 Å². The van der Waals surface area contributed by atoms with Gasteiger partial charge in [-0.1, -0.05) is 29.4 Å². The quantitative estimate of drug-likeness (QED) is 0.505. The Balaban J connectivity index is 3.04. The molecule has 0 saturated carbocycles. The van der Waals surface area contributed by atoms with E-state index in [2.05, 4.69) is 33.1 Å². The maximum Gasteiger partial charge on any atom is 0.120 e. The molecule has 0 aromatic heterocycles. The summed E-state index contributed by atoms with van der Waals surface area (Å²) in [5.41, 5.74) is 3.73. The van der Waals surface area contributed by atoms with Crippen molar-refractivity contribution in [1.29, 1.82) is 0 Å². The fraction of sp³-hybridized carbons (Fsp3) is 0.562. The largest absolute Gasteiger partial charge is 0.303 e. The van der Waals surface area contributed by atoms with Crippen LogP contribution < -0.4 is 0 Å². The zero-order valence-corrected chi connectivity index (χ0v) is 11.4. The summed E-state index contributed by atoms with van der Waals surface area (Å²) in [6.45, 7) is 14.4. The van der Waals surface area contributed by atoms with Gasteiger partial charge < -0.3 is 4.79 Å². The first-order valence-corrected chi connectivity index (χ1v) is 6.32. The zero-order valence-electron chi connectivity index (χ0n) is 11.4.